The van der Waals surface area contributed by atoms with Gasteiger partial charge in [0.05, 0.1) is 0 Å². The summed E-state index contributed by atoms with van der Waals surface area (Å²) in [5.41, 5.74) is 0. The van der Waals surface area contributed by atoms with Gasteiger partial charge >= 0.3 is 10.5 Å². The third kappa shape index (κ3) is 2.94. The number of rotatable bonds is 0. The van der Waals surface area contributed by atoms with Crippen LogP contribution in [0.5, 0.6) is 0 Å². The summed E-state index contributed by atoms with van der Waals surface area (Å²) in [4.78, 5) is 0. The van der Waals surface area contributed by atoms with Crippen LogP contribution in [-0.2, 0) is 20.0 Å². The van der Waals surface area contributed by atoms with Crippen LogP contribution in [0.25, 0.3) is 0 Å². The summed E-state index contributed by atoms with van der Waals surface area (Å²) in [5.74, 6) is 0. The van der Waals surface area contributed by atoms with Gasteiger partial charge in [-0.3, -0.25) is 0 Å². The Labute approximate surface area is 102 Å². The third-order valence-electron chi connectivity index (χ3n) is 2.44. The quantitative estimate of drug-likeness (QED) is 0.685. The van der Waals surface area contributed by atoms with Gasteiger partial charge in [-0.2, -0.15) is 17.6 Å². The van der Waals surface area contributed by atoms with Crippen LogP contribution in [0.4, 0.5) is 17.6 Å². The van der Waals surface area contributed by atoms with E-state index in [2.05, 4.69) is 0 Å². The van der Waals surface area contributed by atoms with Crippen LogP contribution in [0.1, 0.15) is 32.1 Å². The van der Waals surface area contributed by atoms with E-state index in [1.54, 1.807) is 0 Å². The molecular weight excluding hydrogens is 302 g/mol. The molecule has 0 aliphatic carbocycles. The molecule has 5 nitrogen and oxygen atoms in total. The van der Waals surface area contributed by atoms with Gasteiger partial charge < -0.3 is 0 Å². The Balaban J connectivity index is 3.22. The molecule has 0 saturated carbocycles. The predicted molar refractivity (Wildman–Crippen MR) is 54.0 cm³/mol. The molecule has 1 N–H and O–H groups in total. The van der Waals surface area contributed by atoms with E-state index in [4.69, 9.17) is 0 Å². The highest BCUT2D eigenvalue weighted by molar-refractivity contribution is 8.05. The fourth-order valence-electron chi connectivity index (χ4n) is 1.37. The molecule has 0 unspecified atom stereocenters. The molecule has 1 aliphatic rings. The Morgan fingerprint density at radius 1 is 0.722 bits per heavy atom. The highest BCUT2D eigenvalue weighted by atomic mass is 32.3. The highest BCUT2D eigenvalue weighted by Crippen LogP contribution is 2.34. The Morgan fingerprint density at radius 2 is 1.06 bits per heavy atom. The topological polar surface area (TPSA) is 80.3 Å². The number of alkyl halides is 4. The first-order chi connectivity index (χ1) is 7.91. The van der Waals surface area contributed by atoms with Crippen LogP contribution in [0.15, 0.2) is 0 Å². The van der Waals surface area contributed by atoms with Crippen LogP contribution in [0.2, 0.25) is 0 Å². The Morgan fingerprint density at radius 3 is 1.39 bits per heavy atom. The standard InChI is InChI=1S/C7H11F4NO4S2/c8-6(9)4-2-1-3-5-7(10,11)18(15,16)12-17(6,13)14/h12H,1-5H2. The number of sulfonamides is 2. The first kappa shape index (κ1) is 15.6. The monoisotopic (exact) mass is 313 g/mol. The lowest BCUT2D eigenvalue weighted by Crippen LogP contribution is -2.49. The van der Waals surface area contributed by atoms with Gasteiger partial charge in [-0.1, -0.05) is 10.5 Å². The molecule has 1 aliphatic heterocycles. The molecule has 0 aromatic carbocycles. The van der Waals surface area contributed by atoms with Crippen LogP contribution >= 0.6 is 0 Å². The molecule has 18 heavy (non-hydrogen) atoms. The minimum Gasteiger partial charge on any atom is -0.205 e. The van der Waals surface area contributed by atoms with Crippen molar-refractivity contribution in [1.29, 1.82) is 0 Å². The molecule has 0 atom stereocenters. The summed E-state index contributed by atoms with van der Waals surface area (Å²) in [5, 5.41) is -8.79. The molecule has 1 saturated heterocycles. The zero-order valence-corrected chi connectivity index (χ0v) is 10.6. The maximum atomic E-state index is 13.2. The average molecular weight is 313 g/mol. The minimum absolute atomic E-state index is 0.101. The van der Waals surface area contributed by atoms with Gasteiger partial charge in [0.1, 0.15) is 0 Å². The van der Waals surface area contributed by atoms with Crippen molar-refractivity contribution in [1.82, 2.24) is 4.13 Å². The first-order valence-corrected chi connectivity index (χ1v) is 7.91. The third-order valence-corrected chi connectivity index (χ3v) is 6.18. The molecule has 0 amide bonds. The second-order valence-corrected chi connectivity index (χ2v) is 7.80. The summed E-state index contributed by atoms with van der Waals surface area (Å²) in [6.07, 6.45) is -2.89. The summed E-state index contributed by atoms with van der Waals surface area (Å²) in [6, 6.07) is 0. The molecule has 0 radical (unpaired) electrons. The molecule has 0 bridgehead atoms. The van der Waals surface area contributed by atoms with Crippen molar-refractivity contribution in [3.05, 3.63) is 0 Å². The summed E-state index contributed by atoms with van der Waals surface area (Å²) in [6.45, 7) is 0. The van der Waals surface area contributed by atoms with Crippen LogP contribution in [-0.4, -0.2) is 27.3 Å². The van der Waals surface area contributed by atoms with Gasteiger partial charge in [-0.25, -0.2) is 16.8 Å². The number of hydrogen-bond acceptors (Lipinski definition) is 4. The van der Waals surface area contributed by atoms with Crippen LogP contribution < -0.4 is 4.13 Å². The van der Waals surface area contributed by atoms with E-state index in [9.17, 15) is 34.4 Å². The predicted octanol–water partition coefficient (Wildman–Crippen LogP) is 1.39. The number of nitrogens with one attached hydrogen (secondary N) is 1. The molecule has 0 aromatic heterocycles. The Hall–Kier alpha value is -0.420. The van der Waals surface area contributed by atoms with Crippen molar-refractivity contribution < 1.29 is 34.4 Å². The maximum absolute atomic E-state index is 13.2. The highest BCUT2D eigenvalue weighted by Gasteiger charge is 2.53. The lowest BCUT2D eigenvalue weighted by molar-refractivity contribution is 0.0654. The van der Waals surface area contributed by atoms with E-state index < -0.39 is 43.4 Å². The smallest absolute Gasteiger partial charge is 0.205 e. The van der Waals surface area contributed by atoms with Gasteiger partial charge in [0.15, 0.2) is 0 Å². The maximum Gasteiger partial charge on any atom is 0.360 e. The summed E-state index contributed by atoms with van der Waals surface area (Å²) < 4.78 is 97.4. The SMILES string of the molecule is O=S1(=O)NS(=O)(=O)C(F)(F)CCCCCC1(F)F. The molecule has 0 aromatic rings. The van der Waals surface area contributed by atoms with Gasteiger partial charge in [0.2, 0.25) is 0 Å². The van der Waals surface area contributed by atoms with E-state index in [0.29, 0.717) is 4.13 Å². The molecule has 1 heterocycles. The fourth-order valence-corrected chi connectivity index (χ4v) is 4.33. The normalized spacial score (nSPS) is 30.4. The lowest BCUT2D eigenvalue weighted by atomic mass is 10.1. The van der Waals surface area contributed by atoms with E-state index in [-0.39, 0.29) is 19.3 Å². The van der Waals surface area contributed by atoms with Crippen LogP contribution in [0.3, 0.4) is 0 Å². The Kier molecular flexibility index (Phi) is 4.00. The van der Waals surface area contributed by atoms with Crippen molar-refractivity contribution in [3.8, 4) is 0 Å². The first-order valence-electron chi connectivity index (χ1n) is 4.95. The fraction of sp³-hybridized carbons (Fsp3) is 1.00. The molecule has 0 spiro atoms. The average Bonchev–Trinajstić information content (AvgIpc) is 2.13. The lowest BCUT2D eigenvalue weighted by Gasteiger charge is -2.23. The summed E-state index contributed by atoms with van der Waals surface area (Å²) in [7, 11) is -11.4. The zero-order chi connectivity index (χ0) is 14.2. The van der Waals surface area contributed by atoms with Gasteiger partial charge in [0.25, 0.3) is 20.0 Å². The van der Waals surface area contributed by atoms with Crippen molar-refractivity contribution in [2.45, 2.75) is 42.6 Å². The second-order valence-electron chi connectivity index (χ2n) is 3.93. The number of hydrogen-bond donors (Lipinski definition) is 1. The molecule has 1 rings (SSSR count). The van der Waals surface area contributed by atoms with Crippen LogP contribution in [0, 0.1) is 0 Å². The van der Waals surface area contributed by atoms with Gasteiger partial charge in [0, 0.05) is 12.8 Å². The molecule has 11 heteroatoms. The van der Waals surface area contributed by atoms with E-state index in [1.807, 2.05) is 0 Å². The van der Waals surface area contributed by atoms with Gasteiger partial charge in [-0.15, -0.1) is 0 Å². The van der Waals surface area contributed by atoms with Crippen molar-refractivity contribution in [2.75, 3.05) is 0 Å². The largest absolute Gasteiger partial charge is 0.360 e. The molecular formula is C7H11F4NO4S2. The minimum atomic E-state index is -5.69. The van der Waals surface area contributed by atoms with E-state index >= 15 is 0 Å². The number of halogens is 4. The van der Waals surface area contributed by atoms with Gasteiger partial charge in [-0.05, 0) is 12.8 Å². The summed E-state index contributed by atoms with van der Waals surface area (Å²) >= 11 is 0. The molecule has 108 valence electrons. The van der Waals surface area contributed by atoms with Crippen molar-refractivity contribution in [2.24, 2.45) is 0 Å². The van der Waals surface area contributed by atoms with Crippen molar-refractivity contribution in [3.63, 3.8) is 0 Å². The zero-order valence-electron chi connectivity index (χ0n) is 9.00. The van der Waals surface area contributed by atoms with Crippen molar-refractivity contribution >= 4 is 20.0 Å². The molecule has 1 fully saturated rings. The second kappa shape index (κ2) is 4.60. The Bertz CT molecular complexity index is 468. The van der Waals surface area contributed by atoms with E-state index in [0.717, 1.165) is 0 Å². The van der Waals surface area contributed by atoms with E-state index in [1.165, 1.54) is 0 Å².